The molecule has 0 heterocycles. The highest BCUT2D eigenvalue weighted by molar-refractivity contribution is 4.81. The topological polar surface area (TPSA) is 18.5 Å². The Labute approximate surface area is 126 Å². The van der Waals surface area contributed by atoms with Crippen molar-refractivity contribution in [2.24, 2.45) is 0 Å². The van der Waals surface area contributed by atoms with Crippen LogP contribution in [0.4, 0.5) is 0 Å². The van der Waals surface area contributed by atoms with Crippen LogP contribution in [-0.4, -0.2) is 19.5 Å². The summed E-state index contributed by atoms with van der Waals surface area (Å²) in [7, 11) is 0. The summed E-state index contributed by atoms with van der Waals surface area (Å²) in [6.45, 7) is 8.08. The second kappa shape index (κ2) is 16.5. The third kappa shape index (κ3) is 13.8. The Kier molecular flexibility index (Phi) is 16.0. The molecule has 20 heavy (non-hydrogen) atoms. The Morgan fingerprint density at radius 3 is 1.50 bits per heavy atom. The maximum Gasteiger partial charge on any atom is 0.157 e. The Morgan fingerprint density at radius 2 is 1.10 bits per heavy atom. The predicted octanol–water partition coefficient (Wildman–Crippen LogP) is 5.64. The van der Waals surface area contributed by atoms with Gasteiger partial charge in [0.15, 0.2) is 6.29 Å². The predicted molar refractivity (Wildman–Crippen MR) is 87.9 cm³/mol. The molecule has 118 valence electrons. The highest BCUT2D eigenvalue weighted by atomic mass is 16.7. The molecular formula is C18H34O2. The van der Waals surface area contributed by atoms with Crippen LogP contribution in [0.25, 0.3) is 0 Å². The van der Waals surface area contributed by atoms with Gasteiger partial charge in [0.05, 0.1) is 13.2 Å². The van der Waals surface area contributed by atoms with Crippen molar-refractivity contribution in [3.8, 4) is 0 Å². The fraction of sp³-hybridized carbons (Fsp3) is 0.778. The summed E-state index contributed by atoms with van der Waals surface area (Å²) in [5, 5.41) is 0. The summed E-state index contributed by atoms with van der Waals surface area (Å²) in [5.74, 6) is 0. The SMILES string of the molecule is CCC/C=C\CCOC(CCC)OCC/C=C\CCC. The highest BCUT2D eigenvalue weighted by Gasteiger charge is 2.06. The molecule has 0 aromatic carbocycles. The minimum atomic E-state index is -0.0286. The van der Waals surface area contributed by atoms with Gasteiger partial charge < -0.3 is 9.47 Å². The molecule has 0 saturated heterocycles. The van der Waals surface area contributed by atoms with Crippen LogP contribution in [0, 0.1) is 0 Å². The van der Waals surface area contributed by atoms with Crippen molar-refractivity contribution in [1.29, 1.82) is 0 Å². The van der Waals surface area contributed by atoms with Crippen LogP contribution in [0.1, 0.15) is 72.1 Å². The lowest BCUT2D eigenvalue weighted by molar-refractivity contribution is -0.144. The van der Waals surface area contributed by atoms with Crippen LogP contribution in [0.5, 0.6) is 0 Å². The van der Waals surface area contributed by atoms with E-state index in [1.165, 1.54) is 25.7 Å². The van der Waals surface area contributed by atoms with Gasteiger partial charge in [0.1, 0.15) is 0 Å². The van der Waals surface area contributed by atoms with E-state index in [1.807, 2.05) is 0 Å². The van der Waals surface area contributed by atoms with Crippen molar-refractivity contribution in [3.63, 3.8) is 0 Å². The normalized spacial score (nSPS) is 12.2. The van der Waals surface area contributed by atoms with Crippen molar-refractivity contribution >= 4 is 0 Å². The standard InChI is InChI=1S/C18H34O2/c1-4-7-9-11-13-16-19-18(15-6-3)20-17-14-12-10-8-5-2/h9-12,18H,4-8,13-17H2,1-3H3/b11-9-,12-10-. The molecule has 0 aliphatic rings. The van der Waals surface area contributed by atoms with Gasteiger partial charge in [-0.05, 0) is 32.1 Å². The van der Waals surface area contributed by atoms with Crippen molar-refractivity contribution in [2.45, 2.75) is 78.4 Å². The van der Waals surface area contributed by atoms with Crippen LogP contribution < -0.4 is 0 Å². The fourth-order valence-corrected chi connectivity index (χ4v) is 1.79. The molecule has 0 saturated carbocycles. The molecule has 2 nitrogen and oxygen atoms in total. The largest absolute Gasteiger partial charge is 0.352 e. The minimum Gasteiger partial charge on any atom is -0.352 e. The third-order valence-electron chi connectivity index (χ3n) is 2.94. The van der Waals surface area contributed by atoms with E-state index < -0.39 is 0 Å². The Hall–Kier alpha value is -0.600. The van der Waals surface area contributed by atoms with Gasteiger partial charge in [-0.3, -0.25) is 0 Å². The molecule has 0 aromatic rings. The molecule has 0 aromatic heterocycles. The summed E-state index contributed by atoms with van der Waals surface area (Å²) < 4.78 is 11.6. The molecular weight excluding hydrogens is 248 g/mol. The first kappa shape index (κ1) is 19.4. The van der Waals surface area contributed by atoms with Gasteiger partial charge in [-0.25, -0.2) is 0 Å². The maximum absolute atomic E-state index is 5.79. The van der Waals surface area contributed by atoms with Gasteiger partial charge in [-0.2, -0.15) is 0 Å². The van der Waals surface area contributed by atoms with E-state index in [9.17, 15) is 0 Å². The molecule has 0 aliphatic carbocycles. The van der Waals surface area contributed by atoms with Gasteiger partial charge in [0, 0.05) is 0 Å². The fourth-order valence-electron chi connectivity index (χ4n) is 1.79. The molecule has 0 aliphatic heterocycles. The van der Waals surface area contributed by atoms with Crippen LogP contribution in [0.15, 0.2) is 24.3 Å². The maximum atomic E-state index is 5.79. The summed E-state index contributed by atoms with van der Waals surface area (Å²) >= 11 is 0. The van der Waals surface area contributed by atoms with Crippen molar-refractivity contribution in [1.82, 2.24) is 0 Å². The van der Waals surface area contributed by atoms with Gasteiger partial charge >= 0.3 is 0 Å². The molecule has 0 N–H and O–H groups in total. The number of rotatable bonds is 14. The number of hydrogen-bond donors (Lipinski definition) is 0. The van der Waals surface area contributed by atoms with Gasteiger partial charge in [-0.1, -0.05) is 64.3 Å². The zero-order valence-electron chi connectivity index (χ0n) is 13.8. The first-order chi connectivity index (χ1) is 9.85. The number of ether oxygens (including phenoxy) is 2. The Morgan fingerprint density at radius 1 is 0.650 bits per heavy atom. The molecule has 0 radical (unpaired) electrons. The molecule has 0 amide bonds. The van der Waals surface area contributed by atoms with Crippen molar-refractivity contribution in [2.75, 3.05) is 13.2 Å². The van der Waals surface area contributed by atoms with Gasteiger partial charge in [0.25, 0.3) is 0 Å². The minimum absolute atomic E-state index is 0.0286. The third-order valence-corrected chi connectivity index (χ3v) is 2.94. The van der Waals surface area contributed by atoms with Crippen LogP contribution in [0.3, 0.4) is 0 Å². The molecule has 0 atom stereocenters. The van der Waals surface area contributed by atoms with Crippen LogP contribution in [0.2, 0.25) is 0 Å². The van der Waals surface area contributed by atoms with Crippen molar-refractivity contribution in [3.05, 3.63) is 24.3 Å². The molecule has 0 bridgehead atoms. The molecule has 0 rings (SSSR count). The lowest BCUT2D eigenvalue weighted by Crippen LogP contribution is -2.18. The quantitative estimate of drug-likeness (QED) is 0.233. The second-order valence-corrected chi connectivity index (χ2v) is 5.06. The number of hydrogen-bond acceptors (Lipinski definition) is 2. The van der Waals surface area contributed by atoms with E-state index >= 15 is 0 Å². The highest BCUT2D eigenvalue weighted by Crippen LogP contribution is 2.06. The average Bonchev–Trinajstić information content (AvgIpc) is 2.46. The van der Waals surface area contributed by atoms with E-state index in [1.54, 1.807) is 0 Å². The molecule has 0 unspecified atom stereocenters. The van der Waals surface area contributed by atoms with E-state index in [0.717, 1.165) is 38.9 Å². The van der Waals surface area contributed by atoms with E-state index in [2.05, 4.69) is 45.1 Å². The Bertz CT molecular complexity index is 212. The summed E-state index contributed by atoms with van der Waals surface area (Å²) in [5.41, 5.74) is 0. The van der Waals surface area contributed by atoms with E-state index in [0.29, 0.717) is 0 Å². The van der Waals surface area contributed by atoms with Crippen LogP contribution in [-0.2, 0) is 9.47 Å². The van der Waals surface area contributed by atoms with E-state index in [-0.39, 0.29) is 6.29 Å². The molecule has 0 fully saturated rings. The summed E-state index contributed by atoms with van der Waals surface area (Å²) in [4.78, 5) is 0. The summed E-state index contributed by atoms with van der Waals surface area (Å²) in [6, 6.07) is 0. The molecule has 2 heteroatoms. The van der Waals surface area contributed by atoms with Gasteiger partial charge in [-0.15, -0.1) is 0 Å². The van der Waals surface area contributed by atoms with Crippen molar-refractivity contribution < 1.29 is 9.47 Å². The first-order valence-electron chi connectivity index (χ1n) is 8.38. The average molecular weight is 282 g/mol. The Balaban J connectivity index is 3.64. The lowest BCUT2D eigenvalue weighted by atomic mass is 10.3. The zero-order valence-corrected chi connectivity index (χ0v) is 13.8. The number of allylic oxidation sites excluding steroid dienone is 2. The lowest BCUT2D eigenvalue weighted by Gasteiger charge is -2.17. The number of unbranched alkanes of at least 4 members (excludes halogenated alkanes) is 2. The smallest absolute Gasteiger partial charge is 0.157 e. The van der Waals surface area contributed by atoms with E-state index in [4.69, 9.17) is 9.47 Å². The second-order valence-electron chi connectivity index (χ2n) is 5.06. The molecule has 0 spiro atoms. The van der Waals surface area contributed by atoms with Gasteiger partial charge in [0.2, 0.25) is 0 Å². The first-order valence-corrected chi connectivity index (χ1v) is 8.38. The zero-order chi connectivity index (χ0) is 14.9. The summed E-state index contributed by atoms with van der Waals surface area (Å²) in [6.07, 6.45) is 17.7. The monoisotopic (exact) mass is 282 g/mol. The van der Waals surface area contributed by atoms with Crippen LogP contribution >= 0.6 is 0 Å².